The molecule has 3 heteroatoms. The summed E-state index contributed by atoms with van der Waals surface area (Å²) in [7, 11) is 0. The molecule has 0 aliphatic carbocycles. The molecule has 220 valence electrons. The number of fused-ring (bicyclic) bond motifs is 9. The molecular formula is C44H27NOSe. The Morgan fingerprint density at radius 1 is 0.404 bits per heavy atom. The summed E-state index contributed by atoms with van der Waals surface area (Å²) < 4.78 is 9.09. The summed E-state index contributed by atoms with van der Waals surface area (Å²) in [6.45, 7) is 0. The molecule has 0 radical (unpaired) electrons. The van der Waals surface area contributed by atoms with Crippen molar-refractivity contribution in [1.29, 1.82) is 0 Å². The average molecular weight is 665 g/mol. The van der Waals surface area contributed by atoms with Gasteiger partial charge in [-0.15, -0.1) is 0 Å². The van der Waals surface area contributed by atoms with Crippen LogP contribution in [0.1, 0.15) is 0 Å². The van der Waals surface area contributed by atoms with Crippen molar-refractivity contribution in [3.63, 3.8) is 0 Å². The summed E-state index contributed by atoms with van der Waals surface area (Å²) in [4.78, 5) is 2.46. The fraction of sp³-hybridized carbons (Fsp3) is 0. The molecule has 0 aliphatic heterocycles. The van der Waals surface area contributed by atoms with Gasteiger partial charge in [0.2, 0.25) is 0 Å². The SMILES string of the molecule is c1ccc(-c2ccc(N(c3ccc4c(ccc5cc6oc7ccccc7c6cc54)c3)c3cccc4c3[se]c3ccccc34)cc2)cc1. The standard InChI is InChI=1S/C44H27NOSe/c1-2-9-28(10-3-1)29-19-21-32(22-20-29)45(40-14-8-13-37-36-12-5-7-16-43(36)47-44(37)40)33-23-24-34-30(25-33)17-18-31-26-42-39(27-38(31)34)35-11-4-6-15-41(35)46-42/h1-27H. The topological polar surface area (TPSA) is 16.4 Å². The zero-order chi connectivity index (χ0) is 30.9. The summed E-state index contributed by atoms with van der Waals surface area (Å²) in [5.74, 6) is 0. The molecule has 47 heavy (non-hydrogen) atoms. The summed E-state index contributed by atoms with van der Waals surface area (Å²) in [6.07, 6.45) is 0. The molecule has 0 fully saturated rings. The van der Waals surface area contributed by atoms with Crippen LogP contribution < -0.4 is 4.90 Å². The molecule has 8 aromatic carbocycles. The zero-order valence-electron chi connectivity index (χ0n) is 25.4. The third-order valence-corrected chi connectivity index (χ3v) is 12.0. The zero-order valence-corrected chi connectivity index (χ0v) is 27.1. The first-order valence-electron chi connectivity index (χ1n) is 15.9. The van der Waals surface area contributed by atoms with Crippen LogP contribution in [-0.2, 0) is 0 Å². The molecule has 0 spiro atoms. The minimum atomic E-state index is 0.219. The third-order valence-electron chi connectivity index (χ3n) is 9.43. The average Bonchev–Trinajstić information content (AvgIpc) is 3.70. The van der Waals surface area contributed by atoms with Crippen LogP contribution in [0.3, 0.4) is 0 Å². The third kappa shape index (κ3) is 4.25. The van der Waals surface area contributed by atoms with E-state index in [0.717, 1.165) is 33.3 Å². The van der Waals surface area contributed by atoms with E-state index in [1.165, 1.54) is 57.7 Å². The molecule has 0 unspecified atom stereocenters. The van der Waals surface area contributed by atoms with E-state index in [0.29, 0.717) is 0 Å². The van der Waals surface area contributed by atoms with Gasteiger partial charge in [-0.1, -0.05) is 12.1 Å². The van der Waals surface area contributed by atoms with Gasteiger partial charge in [-0.3, -0.25) is 0 Å². The number of benzene rings is 8. The van der Waals surface area contributed by atoms with Crippen molar-refractivity contribution in [2.75, 3.05) is 4.90 Å². The van der Waals surface area contributed by atoms with E-state index >= 15 is 0 Å². The summed E-state index contributed by atoms with van der Waals surface area (Å²) in [5, 5.41) is 9.93. The minimum absolute atomic E-state index is 0.219. The Bertz CT molecular complexity index is 2790. The Kier molecular flexibility index (Phi) is 5.92. The van der Waals surface area contributed by atoms with Crippen molar-refractivity contribution in [3.05, 3.63) is 164 Å². The fourth-order valence-electron chi connectivity index (χ4n) is 7.18. The first-order valence-corrected chi connectivity index (χ1v) is 17.6. The second-order valence-corrected chi connectivity index (χ2v) is 14.3. The molecule has 0 atom stereocenters. The Labute approximate surface area is 277 Å². The van der Waals surface area contributed by atoms with E-state index < -0.39 is 0 Å². The van der Waals surface area contributed by atoms with Gasteiger partial charge in [-0.05, 0) is 6.07 Å². The van der Waals surface area contributed by atoms with Crippen LogP contribution in [0.4, 0.5) is 17.1 Å². The number of nitrogens with zero attached hydrogens (tertiary/aromatic N) is 1. The van der Waals surface area contributed by atoms with Crippen molar-refractivity contribution in [3.8, 4) is 11.1 Å². The summed E-state index contributed by atoms with van der Waals surface area (Å²) >= 11 is 0.219. The van der Waals surface area contributed by atoms with Crippen molar-refractivity contribution in [2.45, 2.75) is 0 Å². The molecule has 0 bridgehead atoms. The number of furan rings is 1. The summed E-state index contributed by atoms with van der Waals surface area (Å²) in [5.41, 5.74) is 7.85. The number of para-hydroxylation sites is 1. The Hall–Kier alpha value is -5.60. The molecule has 10 rings (SSSR count). The normalized spacial score (nSPS) is 11.8. The van der Waals surface area contributed by atoms with Gasteiger partial charge in [0.25, 0.3) is 0 Å². The van der Waals surface area contributed by atoms with E-state index in [4.69, 9.17) is 4.42 Å². The van der Waals surface area contributed by atoms with E-state index in [1.54, 1.807) is 0 Å². The monoisotopic (exact) mass is 665 g/mol. The molecule has 2 heterocycles. The Morgan fingerprint density at radius 2 is 1.11 bits per heavy atom. The maximum absolute atomic E-state index is 6.21. The van der Waals surface area contributed by atoms with Crippen LogP contribution >= 0.6 is 0 Å². The van der Waals surface area contributed by atoms with Gasteiger partial charge in [-0.25, -0.2) is 0 Å². The van der Waals surface area contributed by atoms with Crippen LogP contribution in [0.15, 0.2) is 168 Å². The van der Waals surface area contributed by atoms with Crippen LogP contribution in [0.25, 0.3) is 73.9 Å². The van der Waals surface area contributed by atoms with Crippen LogP contribution in [0.5, 0.6) is 0 Å². The molecule has 0 amide bonds. The molecule has 0 saturated heterocycles. The van der Waals surface area contributed by atoms with Crippen LogP contribution in [-0.4, -0.2) is 14.5 Å². The quantitative estimate of drug-likeness (QED) is 0.138. The first-order chi connectivity index (χ1) is 23.3. The number of hydrogen-bond donors (Lipinski definition) is 0. The predicted molar refractivity (Wildman–Crippen MR) is 201 cm³/mol. The molecule has 0 aliphatic rings. The van der Waals surface area contributed by atoms with Gasteiger partial charge in [0, 0.05) is 0 Å². The second kappa shape index (κ2) is 10.5. The number of hydrogen-bond acceptors (Lipinski definition) is 2. The molecule has 2 nitrogen and oxygen atoms in total. The van der Waals surface area contributed by atoms with Gasteiger partial charge >= 0.3 is 260 Å². The first kappa shape index (κ1) is 26.6. The Morgan fingerprint density at radius 3 is 1.98 bits per heavy atom. The van der Waals surface area contributed by atoms with E-state index in [9.17, 15) is 0 Å². The molecule has 0 N–H and O–H groups in total. The van der Waals surface area contributed by atoms with E-state index in [2.05, 4.69) is 157 Å². The maximum atomic E-state index is 6.21. The Balaban J connectivity index is 1.18. The molecule has 0 saturated carbocycles. The van der Waals surface area contributed by atoms with Gasteiger partial charge in [0.05, 0.1) is 0 Å². The van der Waals surface area contributed by atoms with E-state index in [-0.39, 0.29) is 14.5 Å². The van der Waals surface area contributed by atoms with Gasteiger partial charge in [0.15, 0.2) is 0 Å². The van der Waals surface area contributed by atoms with Crippen molar-refractivity contribution in [1.82, 2.24) is 0 Å². The second-order valence-electron chi connectivity index (χ2n) is 12.1. The van der Waals surface area contributed by atoms with Gasteiger partial charge in [-0.2, -0.15) is 0 Å². The number of rotatable bonds is 4. The van der Waals surface area contributed by atoms with Crippen molar-refractivity contribution >= 4 is 94.3 Å². The molecular weight excluding hydrogens is 637 g/mol. The summed E-state index contributed by atoms with van der Waals surface area (Å²) in [6, 6.07) is 59.5. The molecule has 10 aromatic rings. The number of anilines is 3. The van der Waals surface area contributed by atoms with E-state index in [1.807, 2.05) is 12.1 Å². The van der Waals surface area contributed by atoms with Gasteiger partial charge in [0.1, 0.15) is 0 Å². The van der Waals surface area contributed by atoms with Crippen molar-refractivity contribution < 1.29 is 4.42 Å². The fourth-order valence-corrected chi connectivity index (χ4v) is 9.71. The van der Waals surface area contributed by atoms with Gasteiger partial charge < -0.3 is 0 Å². The van der Waals surface area contributed by atoms with Crippen LogP contribution in [0.2, 0.25) is 0 Å². The van der Waals surface area contributed by atoms with Crippen LogP contribution in [0, 0.1) is 0 Å². The van der Waals surface area contributed by atoms with Crippen molar-refractivity contribution in [2.24, 2.45) is 0 Å². The molecule has 2 aromatic heterocycles. The predicted octanol–water partition coefficient (Wildman–Crippen LogP) is 12.4.